The van der Waals surface area contributed by atoms with Crippen molar-refractivity contribution in [1.82, 2.24) is 20.2 Å². The minimum Gasteiger partial charge on any atom is -0.383 e. The maximum Gasteiger partial charge on any atom is 0.191 e. The molecule has 4 rings (SSSR count). The molecule has 0 saturated heterocycles. The van der Waals surface area contributed by atoms with E-state index in [9.17, 15) is 0 Å². The molecule has 1 aliphatic rings. The average Bonchev–Trinajstić information content (AvgIpc) is 3.05. The molecule has 3 heterocycles. The van der Waals surface area contributed by atoms with Crippen LogP contribution in [-0.2, 0) is 13.0 Å². The van der Waals surface area contributed by atoms with E-state index in [1.807, 2.05) is 36.6 Å². The van der Waals surface area contributed by atoms with Crippen molar-refractivity contribution in [1.29, 1.82) is 0 Å². The number of thioether (sulfide) groups is 1. The van der Waals surface area contributed by atoms with Crippen LogP contribution in [0, 0.1) is 0 Å². The summed E-state index contributed by atoms with van der Waals surface area (Å²) < 4.78 is 0. The van der Waals surface area contributed by atoms with Crippen molar-refractivity contribution in [3.05, 3.63) is 46.6 Å². The van der Waals surface area contributed by atoms with E-state index >= 15 is 0 Å². The Kier molecular flexibility index (Phi) is 4.27. The summed E-state index contributed by atoms with van der Waals surface area (Å²) in [6.45, 7) is 1.58. The molecule has 6 nitrogen and oxygen atoms in total. The molecule has 0 atom stereocenters. The van der Waals surface area contributed by atoms with Gasteiger partial charge in [0.25, 0.3) is 0 Å². The van der Waals surface area contributed by atoms with E-state index in [1.54, 1.807) is 0 Å². The lowest BCUT2D eigenvalue weighted by atomic mass is 10.0. The van der Waals surface area contributed by atoms with Crippen LogP contribution in [0.2, 0.25) is 5.02 Å². The van der Waals surface area contributed by atoms with Crippen LogP contribution in [-0.4, -0.2) is 33.0 Å². The van der Waals surface area contributed by atoms with Crippen LogP contribution >= 0.6 is 23.4 Å². The second kappa shape index (κ2) is 6.57. The Morgan fingerprint density at radius 3 is 2.80 bits per heavy atom. The van der Waals surface area contributed by atoms with Crippen molar-refractivity contribution in [3.8, 4) is 11.3 Å². The number of benzene rings is 1. The normalized spacial score (nSPS) is 13.8. The van der Waals surface area contributed by atoms with Crippen LogP contribution in [0.3, 0.4) is 0 Å². The van der Waals surface area contributed by atoms with Gasteiger partial charge in [-0.2, -0.15) is 5.10 Å². The molecule has 3 aromatic rings. The number of halogens is 1. The minimum absolute atomic E-state index is 0.491. The molecule has 0 amide bonds. The third-order valence-electron chi connectivity index (χ3n) is 4.27. The van der Waals surface area contributed by atoms with Gasteiger partial charge in [0.1, 0.15) is 11.6 Å². The maximum atomic E-state index is 6.00. The van der Waals surface area contributed by atoms with E-state index in [0.29, 0.717) is 11.0 Å². The first-order chi connectivity index (χ1) is 12.1. The molecule has 0 bridgehead atoms. The molecule has 3 N–H and O–H groups in total. The molecule has 0 saturated carbocycles. The van der Waals surface area contributed by atoms with Gasteiger partial charge in [-0.25, -0.2) is 9.97 Å². The minimum atomic E-state index is 0.491. The Morgan fingerprint density at radius 1 is 1.24 bits per heavy atom. The van der Waals surface area contributed by atoms with Gasteiger partial charge >= 0.3 is 0 Å². The number of hydrogen-bond donors (Lipinski definition) is 2. The quantitative estimate of drug-likeness (QED) is 0.541. The van der Waals surface area contributed by atoms with E-state index in [4.69, 9.17) is 17.3 Å². The first-order valence-corrected chi connectivity index (χ1v) is 9.50. The highest BCUT2D eigenvalue weighted by molar-refractivity contribution is 7.98. The van der Waals surface area contributed by atoms with E-state index in [2.05, 4.69) is 25.1 Å². The number of fused-ring (bicyclic) bond motifs is 1. The van der Waals surface area contributed by atoms with E-state index in [-0.39, 0.29) is 0 Å². The van der Waals surface area contributed by atoms with E-state index in [1.165, 1.54) is 17.3 Å². The zero-order valence-corrected chi connectivity index (χ0v) is 15.2. The van der Waals surface area contributed by atoms with E-state index in [0.717, 1.165) is 47.3 Å². The molecule has 0 aliphatic carbocycles. The summed E-state index contributed by atoms with van der Waals surface area (Å²) in [4.78, 5) is 11.0. The van der Waals surface area contributed by atoms with E-state index < -0.39 is 0 Å². The molecular weight excluding hydrogens is 356 g/mol. The SMILES string of the molecule is CSc1nc(N)cc(N2CCc3n[nH]c(-c4ccc(Cl)cc4)c3C2)n1. The summed E-state index contributed by atoms with van der Waals surface area (Å²) in [6.07, 6.45) is 2.81. The van der Waals surface area contributed by atoms with Crippen LogP contribution < -0.4 is 10.6 Å². The average molecular weight is 373 g/mol. The third-order valence-corrected chi connectivity index (χ3v) is 5.07. The van der Waals surface area contributed by atoms with Crippen LogP contribution in [0.15, 0.2) is 35.5 Å². The number of nitrogens with zero attached hydrogens (tertiary/aromatic N) is 4. The first-order valence-electron chi connectivity index (χ1n) is 7.89. The van der Waals surface area contributed by atoms with Gasteiger partial charge in [0.2, 0.25) is 0 Å². The summed E-state index contributed by atoms with van der Waals surface area (Å²) in [6, 6.07) is 9.61. The second-order valence-electron chi connectivity index (χ2n) is 5.84. The fraction of sp³-hybridized carbons (Fsp3) is 0.235. The number of nitrogens with two attached hydrogens (primary N) is 1. The van der Waals surface area contributed by atoms with Gasteiger partial charge in [0.05, 0.1) is 11.4 Å². The van der Waals surface area contributed by atoms with Gasteiger partial charge in [-0.15, -0.1) is 0 Å². The largest absolute Gasteiger partial charge is 0.383 e. The Hall–Kier alpha value is -2.25. The highest BCUT2D eigenvalue weighted by Gasteiger charge is 2.24. The molecule has 2 aromatic heterocycles. The summed E-state index contributed by atoms with van der Waals surface area (Å²) >= 11 is 7.49. The van der Waals surface area contributed by atoms with Crippen molar-refractivity contribution in [2.45, 2.75) is 18.1 Å². The number of anilines is 2. The monoisotopic (exact) mass is 372 g/mol. The van der Waals surface area contributed by atoms with Gasteiger partial charge in [-0.05, 0) is 24.0 Å². The lowest BCUT2D eigenvalue weighted by Crippen LogP contribution is -2.31. The topological polar surface area (TPSA) is 83.7 Å². The predicted octanol–water partition coefficient (Wildman–Crippen LogP) is 3.39. The van der Waals surface area contributed by atoms with Crippen molar-refractivity contribution in [2.24, 2.45) is 0 Å². The van der Waals surface area contributed by atoms with Crippen LogP contribution in [0.5, 0.6) is 0 Å². The first kappa shape index (κ1) is 16.2. The zero-order chi connectivity index (χ0) is 17.4. The third kappa shape index (κ3) is 3.17. The lowest BCUT2D eigenvalue weighted by Gasteiger charge is -2.28. The Bertz CT molecular complexity index is 908. The van der Waals surface area contributed by atoms with Crippen molar-refractivity contribution >= 4 is 35.0 Å². The Morgan fingerprint density at radius 2 is 2.04 bits per heavy atom. The Balaban J connectivity index is 1.68. The molecule has 1 aliphatic heterocycles. The molecule has 1 aromatic carbocycles. The molecule has 0 radical (unpaired) electrons. The van der Waals surface area contributed by atoms with Gasteiger partial charge < -0.3 is 10.6 Å². The van der Waals surface area contributed by atoms with Crippen LogP contribution in [0.1, 0.15) is 11.3 Å². The summed E-state index contributed by atoms with van der Waals surface area (Å²) in [5, 5.41) is 9.07. The summed E-state index contributed by atoms with van der Waals surface area (Å²) in [5.74, 6) is 1.34. The van der Waals surface area contributed by atoms with Gasteiger partial charge in [-0.1, -0.05) is 35.5 Å². The van der Waals surface area contributed by atoms with Crippen LogP contribution in [0.4, 0.5) is 11.6 Å². The molecule has 25 heavy (non-hydrogen) atoms. The van der Waals surface area contributed by atoms with Gasteiger partial charge in [0.15, 0.2) is 5.16 Å². The number of H-pyrrole nitrogens is 1. The smallest absolute Gasteiger partial charge is 0.191 e. The van der Waals surface area contributed by atoms with Crippen molar-refractivity contribution < 1.29 is 0 Å². The maximum absolute atomic E-state index is 6.00. The Labute approximate surface area is 154 Å². The number of aromatic nitrogens is 4. The van der Waals surface area contributed by atoms with Gasteiger partial charge in [0, 0.05) is 36.2 Å². The standard InChI is InChI=1S/C17H17ClN6S/c1-25-17-20-14(19)8-15(21-17)24-7-6-13-12(9-24)16(23-22-13)10-2-4-11(18)5-3-10/h2-5,8H,6-7,9H2,1H3,(H,22,23)(H2,19,20,21). The predicted molar refractivity (Wildman–Crippen MR) is 102 cm³/mol. The van der Waals surface area contributed by atoms with Crippen molar-refractivity contribution in [2.75, 3.05) is 23.4 Å². The number of rotatable bonds is 3. The summed E-state index contributed by atoms with van der Waals surface area (Å²) in [5.41, 5.74) is 10.3. The molecule has 0 fully saturated rings. The second-order valence-corrected chi connectivity index (χ2v) is 7.05. The number of nitrogen functional groups attached to an aromatic ring is 1. The fourth-order valence-corrected chi connectivity index (χ4v) is 3.53. The number of nitrogens with one attached hydrogen (secondary N) is 1. The summed E-state index contributed by atoms with van der Waals surface area (Å²) in [7, 11) is 0. The zero-order valence-electron chi connectivity index (χ0n) is 13.7. The highest BCUT2D eigenvalue weighted by atomic mass is 35.5. The number of hydrogen-bond acceptors (Lipinski definition) is 6. The fourth-order valence-electron chi connectivity index (χ4n) is 3.02. The lowest BCUT2D eigenvalue weighted by molar-refractivity contribution is 0.704. The molecule has 0 spiro atoms. The molecule has 8 heteroatoms. The molecular formula is C17H17ClN6S. The number of aromatic amines is 1. The highest BCUT2D eigenvalue weighted by Crippen LogP contribution is 2.31. The van der Waals surface area contributed by atoms with Gasteiger partial charge in [-0.3, -0.25) is 5.10 Å². The molecule has 0 unspecified atom stereocenters. The molecule has 128 valence electrons. The van der Waals surface area contributed by atoms with Crippen LogP contribution in [0.25, 0.3) is 11.3 Å². The van der Waals surface area contributed by atoms with Crippen molar-refractivity contribution in [3.63, 3.8) is 0 Å².